The molecule has 1 saturated heterocycles. The highest BCUT2D eigenvalue weighted by atomic mass is 32.2. The van der Waals surface area contributed by atoms with Crippen LogP contribution in [0.4, 0.5) is 0 Å². The average Bonchev–Trinajstić information content (AvgIpc) is 2.59. The Morgan fingerprint density at radius 2 is 1.75 bits per heavy atom. The third-order valence-electron chi connectivity index (χ3n) is 2.59. The second-order valence-corrected chi connectivity index (χ2v) is 6.79. The van der Waals surface area contributed by atoms with E-state index in [0.29, 0.717) is 11.0 Å². The smallest absolute Gasteiger partial charge is 0.164 e. The maximum absolute atomic E-state index is 12.0. The van der Waals surface area contributed by atoms with Gasteiger partial charge in [-0.1, -0.05) is 30.3 Å². The van der Waals surface area contributed by atoms with E-state index < -0.39 is 0 Å². The largest absolute Gasteiger partial charge is 0.294 e. The Labute approximate surface area is 105 Å². The van der Waals surface area contributed by atoms with Gasteiger partial charge in [-0.2, -0.15) is 0 Å². The molecule has 0 spiro atoms. The quantitative estimate of drug-likeness (QED) is 0.761. The molecule has 0 bridgehead atoms. The van der Waals surface area contributed by atoms with Gasteiger partial charge in [0.15, 0.2) is 5.78 Å². The second kappa shape index (κ2) is 6.36. The molecule has 86 valence electrons. The van der Waals surface area contributed by atoms with Crippen molar-refractivity contribution >= 4 is 29.3 Å². The van der Waals surface area contributed by atoms with Crippen molar-refractivity contribution in [3.63, 3.8) is 0 Å². The zero-order valence-electron chi connectivity index (χ0n) is 9.22. The topological polar surface area (TPSA) is 17.1 Å². The summed E-state index contributed by atoms with van der Waals surface area (Å²) in [5.74, 6) is 2.70. The van der Waals surface area contributed by atoms with Crippen LogP contribution in [-0.2, 0) is 0 Å². The Balaban J connectivity index is 1.91. The van der Waals surface area contributed by atoms with Crippen LogP contribution in [0.15, 0.2) is 30.3 Å². The zero-order valence-corrected chi connectivity index (χ0v) is 10.9. The van der Waals surface area contributed by atoms with Crippen LogP contribution in [0, 0.1) is 0 Å². The van der Waals surface area contributed by atoms with Crippen LogP contribution >= 0.6 is 23.5 Å². The molecule has 0 amide bonds. The Bertz CT molecular complexity index is 329. The highest BCUT2D eigenvalue weighted by Crippen LogP contribution is 2.32. The third-order valence-corrected chi connectivity index (χ3v) is 5.54. The Kier molecular flexibility index (Phi) is 4.79. The van der Waals surface area contributed by atoms with Crippen LogP contribution < -0.4 is 0 Å². The molecule has 0 N–H and O–H groups in total. The molecular formula is C13H16OS2. The molecular weight excluding hydrogens is 236 g/mol. The Morgan fingerprint density at radius 3 is 2.38 bits per heavy atom. The maximum atomic E-state index is 12.0. The van der Waals surface area contributed by atoms with Crippen molar-refractivity contribution in [3.05, 3.63) is 35.9 Å². The first kappa shape index (κ1) is 12.1. The molecule has 2 rings (SSSR count). The molecule has 1 aliphatic rings. The van der Waals surface area contributed by atoms with Gasteiger partial charge >= 0.3 is 0 Å². The van der Waals surface area contributed by atoms with E-state index in [-0.39, 0.29) is 5.78 Å². The predicted molar refractivity (Wildman–Crippen MR) is 73.3 cm³/mol. The van der Waals surface area contributed by atoms with Gasteiger partial charge in [0.2, 0.25) is 0 Å². The van der Waals surface area contributed by atoms with Gasteiger partial charge in [0.1, 0.15) is 0 Å². The number of ketones is 1. The van der Waals surface area contributed by atoms with E-state index in [0.717, 1.165) is 5.56 Å². The van der Waals surface area contributed by atoms with E-state index in [4.69, 9.17) is 0 Å². The molecule has 1 nitrogen and oxygen atoms in total. The van der Waals surface area contributed by atoms with Crippen molar-refractivity contribution in [2.24, 2.45) is 0 Å². The van der Waals surface area contributed by atoms with E-state index in [1.54, 1.807) is 0 Å². The fourth-order valence-corrected chi connectivity index (χ4v) is 4.46. The normalized spacial score (nSPS) is 18.0. The van der Waals surface area contributed by atoms with E-state index in [9.17, 15) is 4.79 Å². The lowest BCUT2D eigenvalue weighted by atomic mass is 10.1. The van der Waals surface area contributed by atoms with Gasteiger partial charge in [0.25, 0.3) is 0 Å². The van der Waals surface area contributed by atoms with Crippen LogP contribution in [0.25, 0.3) is 0 Å². The first-order valence-corrected chi connectivity index (χ1v) is 7.77. The molecule has 1 aliphatic heterocycles. The van der Waals surface area contributed by atoms with Gasteiger partial charge < -0.3 is 0 Å². The molecule has 0 aromatic heterocycles. The van der Waals surface area contributed by atoms with Crippen molar-refractivity contribution in [2.45, 2.75) is 23.8 Å². The predicted octanol–water partition coefficient (Wildman–Crippen LogP) is 3.85. The number of benzene rings is 1. The summed E-state index contributed by atoms with van der Waals surface area (Å²) < 4.78 is 0.468. The minimum absolute atomic E-state index is 0.285. The number of carbonyl (C=O) groups excluding carboxylic acids is 1. The summed E-state index contributed by atoms with van der Waals surface area (Å²) in [4.78, 5) is 12.0. The van der Waals surface area contributed by atoms with E-state index in [1.165, 1.54) is 24.3 Å². The molecule has 1 aromatic rings. The number of thioether (sulfide) groups is 2. The van der Waals surface area contributed by atoms with Gasteiger partial charge in [0, 0.05) is 12.0 Å². The lowest BCUT2D eigenvalue weighted by Crippen LogP contribution is -2.07. The fourth-order valence-electron chi connectivity index (χ4n) is 1.69. The summed E-state index contributed by atoms with van der Waals surface area (Å²) in [5, 5.41) is 0. The molecule has 0 atom stereocenters. The first-order valence-electron chi connectivity index (χ1n) is 5.68. The highest BCUT2D eigenvalue weighted by molar-refractivity contribution is 8.17. The summed E-state index contributed by atoms with van der Waals surface area (Å²) in [7, 11) is 0. The third kappa shape index (κ3) is 3.56. The van der Waals surface area contributed by atoms with Crippen molar-refractivity contribution < 1.29 is 4.79 Å². The molecule has 0 radical (unpaired) electrons. The van der Waals surface area contributed by atoms with Gasteiger partial charge in [-0.25, -0.2) is 0 Å². The van der Waals surface area contributed by atoms with E-state index in [2.05, 4.69) is 0 Å². The lowest BCUT2D eigenvalue weighted by molar-refractivity contribution is 0.0987. The number of carbonyl (C=O) groups is 1. The minimum atomic E-state index is 0.285. The number of rotatable bonds is 3. The second-order valence-electron chi connectivity index (χ2n) is 3.87. The number of hydrogen-bond acceptors (Lipinski definition) is 3. The van der Waals surface area contributed by atoms with Crippen LogP contribution in [0.1, 0.15) is 29.6 Å². The van der Waals surface area contributed by atoms with Gasteiger partial charge in [-0.05, 0) is 24.3 Å². The summed E-state index contributed by atoms with van der Waals surface area (Å²) in [6, 6.07) is 9.63. The van der Waals surface area contributed by atoms with E-state index in [1.807, 2.05) is 53.9 Å². The Hall–Kier alpha value is -0.410. The lowest BCUT2D eigenvalue weighted by Gasteiger charge is -2.11. The molecule has 1 fully saturated rings. The van der Waals surface area contributed by atoms with Gasteiger partial charge in [0.05, 0.1) is 4.58 Å². The highest BCUT2D eigenvalue weighted by Gasteiger charge is 2.17. The van der Waals surface area contributed by atoms with Crippen LogP contribution in [0.5, 0.6) is 0 Å². The van der Waals surface area contributed by atoms with Crippen LogP contribution in [0.3, 0.4) is 0 Å². The molecule has 0 unspecified atom stereocenters. The van der Waals surface area contributed by atoms with Gasteiger partial charge in [-0.3, -0.25) is 4.79 Å². The Morgan fingerprint density at radius 1 is 1.12 bits per heavy atom. The standard InChI is InChI=1S/C13H16OS2/c14-12(11-6-2-1-3-7-11)10-13-15-8-4-5-9-16-13/h1-3,6-7,13H,4-5,8-10H2. The first-order chi connectivity index (χ1) is 7.86. The summed E-state index contributed by atoms with van der Waals surface area (Å²) in [5.41, 5.74) is 0.855. The minimum Gasteiger partial charge on any atom is -0.294 e. The van der Waals surface area contributed by atoms with E-state index >= 15 is 0 Å². The van der Waals surface area contributed by atoms with Crippen LogP contribution in [-0.4, -0.2) is 21.9 Å². The number of hydrogen-bond donors (Lipinski definition) is 0. The zero-order chi connectivity index (χ0) is 11.2. The number of Topliss-reactive ketones (excluding diaryl/α,β-unsaturated/α-hetero) is 1. The monoisotopic (exact) mass is 252 g/mol. The molecule has 3 heteroatoms. The molecule has 1 aromatic carbocycles. The fraction of sp³-hybridized carbons (Fsp3) is 0.462. The molecule has 16 heavy (non-hydrogen) atoms. The van der Waals surface area contributed by atoms with Crippen molar-refractivity contribution in [1.29, 1.82) is 0 Å². The molecule has 0 aliphatic carbocycles. The molecule has 0 saturated carbocycles. The van der Waals surface area contributed by atoms with Crippen molar-refractivity contribution in [2.75, 3.05) is 11.5 Å². The van der Waals surface area contributed by atoms with Crippen molar-refractivity contribution in [3.8, 4) is 0 Å². The average molecular weight is 252 g/mol. The SMILES string of the molecule is O=C(CC1SCCCCS1)c1ccccc1. The van der Waals surface area contributed by atoms with Gasteiger partial charge in [-0.15, -0.1) is 23.5 Å². The summed E-state index contributed by atoms with van der Waals surface area (Å²) >= 11 is 3.90. The summed E-state index contributed by atoms with van der Waals surface area (Å²) in [6.45, 7) is 0. The maximum Gasteiger partial charge on any atom is 0.164 e. The molecule has 1 heterocycles. The van der Waals surface area contributed by atoms with Crippen LogP contribution in [0.2, 0.25) is 0 Å². The summed E-state index contributed by atoms with van der Waals surface area (Å²) in [6.07, 6.45) is 3.28. The van der Waals surface area contributed by atoms with Crippen molar-refractivity contribution in [1.82, 2.24) is 0 Å².